The number of carbonyl (C=O) groups is 1. The maximum absolute atomic E-state index is 11.5. The maximum atomic E-state index is 11.5. The Labute approximate surface area is 107 Å². The summed E-state index contributed by atoms with van der Waals surface area (Å²) in [7, 11) is 1.57. The van der Waals surface area contributed by atoms with E-state index in [1.807, 2.05) is 30.3 Å². The first-order chi connectivity index (χ1) is 8.74. The lowest BCUT2D eigenvalue weighted by molar-refractivity contribution is -0.158. The molecular weight excluding hydrogens is 234 g/mol. The van der Waals surface area contributed by atoms with Crippen molar-refractivity contribution in [3.05, 3.63) is 35.9 Å². The van der Waals surface area contributed by atoms with Gasteiger partial charge in [-0.05, 0) is 12.0 Å². The largest absolute Gasteiger partial charge is 0.437 e. The molecule has 0 radical (unpaired) electrons. The Morgan fingerprint density at radius 3 is 2.67 bits per heavy atom. The minimum Gasteiger partial charge on any atom is -0.437 e. The third kappa shape index (κ3) is 5.77. The molecule has 2 N–H and O–H groups in total. The van der Waals surface area contributed by atoms with Crippen molar-refractivity contribution >= 4 is 5.97 Å². The molecule has 0 aliphatic carbocycles. The second kappa shape index (κ2) is 8.63. The SMILES string of the molecule is COCCOCOC(=O)[C@H](N)Cc1ccccc1. The molecule has 0 bridgehead atoms. The van der Waals surface area contributed by atoms with Crippen molar-refractivity contribution in [2.24, 2.45) is 5.73 Å². The van der Waals surface area contributed by atoms with E-state index in [0.29, 0.717) is 19.6 Å². The molecule has 0 aromatic heterocycles. The standard InChI is InChI=1S/C13H19NO4/c1-16-7-8-17-10-18-13(15)12(14)9-11-5-3-2-4-6-11/h2-6,12H,7-10,14H2,1H3/t12-/m1/s1. The first-order valence-electron chi connectivity index (χ1n) is 5.77. The zero-order valence-corrected chi connectivity index (χ0v) is 10.5. The first-order valence-corrected chi connectivity index (χ1v) is 5.77. The molecule has 0 saturated heterocycles. The Kier molecular flexibility index (Phi) is 7.01. The van der Waals surface area contributed by atoms with Gasteiger partial charge in [0.2, 0.25) is 0 Å². The molecule has 1 rings (SSSR count). The summed E-state index contributed by atoms with van der Waals surface area (Å²) in [6.07, 6.45) is 0.456. The zero-order valence-electron chi connectivity index (χ0n) is 10.5. The molecule has 0 amide bonds. The van der Waals surface area contributed by atoms with Gasteiger partial charge in [-0.15, -0.1) is 0 Å². The number of methoxy groups -OCH3 is 1. The van der Waals surface area contributed by atoms with Gasteiger partial charge in [0, 0.05) is 7.11 Å². The molecule has 0 unspecified atom stereocenters. The summed E-state index contributed by atoms with van der Waals surface area (Å²) < 4.78 is 14.7. The number of hydrogen-bond donors (Lipinski definition) is 1. The molecule has 5 heteroatoms. The molecule has 0 heterocycles. The van der Waals surface area contributed by atoms with E-state index in [2.05, 4.69) is 0 Å². The molecule has 1 aromatic rings. The van der Waals surface area contributed by atoms with Crippen LogP contribution in [0.25, 0.3) is 0 Å². The van der Waals surface area contributed by atoms with Gasteiger partial charge in [-0.3, -0.25) is 4.79 Å². The van der Waals surface area contributed by atoms with Crippen LogP contribution in [-0.2, 0) is 25.4 Å². The smallest absolute Gasteiger partial charge is 0.325 e. The molecule has 0 aliphatic heterocycles. The van der Waals surface area contributed by atoms with Gasteiger partial charge in [-0.2, -0.15) is 0 Å². The van der Waals surface area contributed by atoms with Crippen molar-refractivity contribution in [2.75, 3.05) is 27.1 Å². The maximum Gasteiger partial charge on any atom is 0.325 e. The monoisotopic (exact) mass is 253 g/mol. The van der Waals surface area contributed by atoms with Gasteiger partial charge in [0.05, 0.1) is 13.2 Å². The Balaban J connectivity index is 2.21. The summed E-state index contributed by atoms with van der Waals surface area (Å²) in [6.45, 7) is 0.760. The van der Waals surface area contributed by atoms with Crippen LogP contribution >= 0.6 is 0 Å². The van der Waals surface area contributed by atoms with Crippen LogP contribution in [0.2, 0.25) is 0 Å². The van der Waals surface area contributed by atoms with Gasteiger partial charge in [0.1, 0.15) is 6.04 Å². The molecule has 100 valence electrons. The van der Waals surface area contributed by atoms with Crippen LogP contribution in [0.5, 0.6) is 0 Å². The highest BCUT2D eigenvalue weighted by Crippen LogP contribution is 2.02. The van der Waals surface area contributed by atoms with Gasteiger partial charge in [0.15, 0.2) is 6.79 Å². The lowest BCUT2D eigenvalue weighted by atomic mass is 10.1. The van der Waals surface area contributed by atoms with Crippen LogP contribution in [0.1, 0.15) is 5.56 Å². The molecule has 0 fully saturated rings. The number of carbonyl (C=O) groups excluding carboxylic acids is 1. The van der Waals surface area contributed by atoms with Crippen LogP contribution in [0.4, 0.5) is 0 Å². The summed E-state index contributed by atoms with van der Waals surface area (Å²) in [6, 6.07) is 8.89. The average molecular weight is 253 g/mol. The van der Waals surface area contributed by atoms with Gasteiger partial charge >= 0.3 is 5.97 Å². The van der Waals surface area contributed by atoms with Crippen LogP contribution in [0.15, 0.2) is 30.3 Å². The molecular formula is C13H19NO4. The second-order valence-electron chi connectivity index (χ2n) is 3.78. The summed E-state index contributed by atoms with van der Waals surface area (Å²) >= 11 is 0. The van der Waals surface area contributed by atoms with Crippen molar-refractivity contribution < 1.29 is 19.0 Å². The van der Waals surface area contributed by atoms with Gasteiger partial charge in [0.25, 0.3) is 0 Å². The number of hydrogen-bond acceptors (Lipinski definition) is 5. The topological polar surface area (TPSA) is 70.8 Å². The summed E-state index contributed by atoms with van der Waals surface area (Å²) in [5.41, 5.74) is 6.74. The lowest BCUT2D eigenvalue weighted by Gasteiger charge is -2.11. The summed E-state index contributed by atoms with van der Waals surface area (Å²) in [5, 5.41) is 0. The van der Waals surface area contributed by atoms with Crippen LogP contribution in [-0.4, -0.2) is 39.1 Å². The van der Waals surface area contributed by atoms with E-state index in [0.717, 1.165) is 5.56 Å². The normalized spacial score (nSPS) is 12.1. The summed E-state index contributed by atoms with van der Waals surface area (Å²) in [4.78, 5) is 11.5. The lowest BCUT2D eigenvalue weighted by Crippen LogP contribution is -2.34. The van der Waals surface area contributed by atoms with Crippen LogP contribution < -0.4 is 5.73 Å². The zero-order chi connectivity index (χ0) is 13.2. The number of nitrogens with two attached hydrogens (primary N) is 1. The van der Waals surface area contributed by atoms with Crippen molar-refractivity contribution in [1.82, 2.24) is 0 Å². The molecule has 0 saturated carbocycles. The molecule has 1 atom stereocenters. The van der Waals surface area contributed by atoms with Gasteiger partial charge < -0.3 is 19.9 Å². The molecule has 0 spiro atoms. The number of benzene rings is 1. The Morgan fingerprint density at radius 2 is 2.00 bits per heavy atom. The molecule has 1 aromatic carbocycles. The number of rotatable bonds is 8. The van der Waals surface area contributed by atoms with Crippen molar-refractivity contribution in [3.63, 3.8) is 0 Å². The fraction of sp³-hybridized carbons (Fsp3) is 0.462. The third-order valence-electron chi connectivity index (χ3n) is 2.32. The Hall–Kier alpha value is -1.43. The van der Waals surface area contributed by atoms with E-state index < -0.39 is 12.0 Å². The highest BCUT2D eigenvalue weighted by atomic mass is 16.7. The quantitative estimate of drug-likeness (QED) is 0.420. The number of esters is 1. The van der Waals surface area contributed by atoms with Crippen molar-refractivity contribution in [2.45, 2.75) is 12.5 Å². The van der Waals surface area contributed by atoms with Crippen molar-refractivity contribution in [3.8, 4) is 0 Å². The fourth-order valence-corrected chi connectivity index (χ4v) is 1.36. The van der Waals surface area contributed by atoms with E-state index in [1.165, 1.54) is 0 Å². The van der Waals surface area contributed by atoms with Gasteiger partial charge in [-0.1, -0.05) is 30.3 Å². The van der Waals surface area contributed by atoms with E-state index in [9.17, 15) is 4.79 Å². The van der Waals surface area contributed by atoms with Crippen LogP contribution in [0, 0.1) is 0 Å². The Morgan fingerprint density at radius 1 is 1.28 bits per heavy atom. The number of ether oxygens (including phenoxy) is 3. The average Bonchev–Trinajstić information content (AvgIpc) is 2.39. The van der Waals surface area contributed by atoms with Gasteiger partial charge in [-0.25, -0.2) is 0 Å². The van der Waals surface area contributed by atoms with Crippen molar-refractivity contribution in [1.29, 1.82) is 0 Å². The summed E-state index contributed by atoms with van der Waals surface area (Å²) in [5.74, 6) is -0.462. The third-order valence-corrected chi connectivity index (χ3v) is 2.32. The van der Waals surface area contributed by atoms with Crippen LogP contribution in [0.3, 0.4) is 0 Å². The van der Waals surface area contributed by atoms with E-state index in [4.69, 9.17) is 19.9 Å². The molecule has 5 nitrogen and oxygen atoms in total. The highest BCUT2D eigenvalue weighted by molar-refractivity contribution is 5.75. The fourth-order valence-electron chi connectivity index (χ4n) is 1.36. The van der Waals surface area contributed by atoms with E-state index >= 15 is 0 Å². The second-order valence-corrected chi connectivity index (χ2v) is 3.78. The minimum absolute atomic E-state index is 0.0926. The Bertz CT molecular complexity index is 342. The van der Waals surface area contributed by atoms with E-state index in [-0.39, 0.29) is 6.79 Å². The van der Waals surface area contributed by atoms with E-state index in [1.54, 1.807) is 7.11 Å². The predicted octanol–water partition coefficient (Wildman–Crippen LogP) is 0.720. The highest BCUT2D eigenvalue weighted by Gasteiger charge is 2.15. The minimum atomic E-state index is -0.668. The predicted molar refractivity (Wildman–Crippen MR) is 66.9 cm³/mol. The first kappa shape index (κ1) is 14.6. The molecule has 0 aliphatic rings. The molecule has 18 heavy (non-hydrogen) atoms.